The maximum Gasteiger partial charge on any atom is 0.316 e. The second-order valence-electron chi connectivity index (χ2n) is 5.77. The number of hydrogen-bond donors (Lipinski definition) is 0. The van der Waals surface area contributed by atoms with Crippen LogP contribution in [-0.4, -0.2) is 19.3 Å². The lowest BCUT2D eigenvalue weighted by molar-refractivity contribution is 0.445. The van der Waals surface area contributed by atoms with Crippen molar-refractivity contribution >= 4 is 27.3 Å². The van der Waals surface area contributed by atoms with Gasteiger partial charge in [-0.05, 0) is 47.0 Å². The molecule has 0 N–H and O–H groups in total. The van der Waals surface area contributed by atoms with Crippen LogP contribution in [-0.2, 0) is 6.54 Å². The minimum atomic E-state index is -0.482. The third-order valence-electron chi connectivity index (χ3n) is 4.45. The van der Waals surface area contributed by atoms with Crippen LogP contribution in [0.1, 0.15) is 30.3 Å². The van der Waals surface area contributed by atoms with Crippen LogP contribution in [0.2, 0.25) is 0 Å². The highest BCUT2D eigenvalue weighted by Gasteiger charge is 2.46. The first-order valence-corrected chi connectivity index (χ1v) is 8.52. The molecule has 0 saturated heterocycles. The van der Waals surface area contributed by atoms with E-state index in [0.717, 1.165) is 24.7 Å². The zero-order chi connectivity index (χ0) is 14.6. The van der Waals surface area contributed by atoms with Crippen molar-refractivity contribution in [1.82, 2.24) is 19.3 Å². The second kappa shape index (κ2) is 4.88. The Morgan fingerprint density at radius 3 is 2.57 bits per heavy atom. The van der Waals surface area contributed by atoms with Crippen LogP contribution in [0.25, 0.3) is 0 Å². The minimum absolute atomic E-state index is 0.208. The molecule has 0 radical (unpaired) electrons. The third-order valence-corrected chi connectivity index (χ3v) is 5.79. The molecule has 2 aliphatic rings. The highest BCUT2D eigenvalue weighted by molar-refractivity contribution is 9.11. The second-order valence-corrected chi connectivity index (χ2v) is 8.11. The Bertz CT molecular complexity index is 801. The number of fused-ring (bicyclic) bond motifs is 1. The fraction of sp³-hybridized carbons (Fsp3) is 0.538. The summed E-state index contributed by atoms with van der Waals surface area (Å²) in [7, 11) is 0. The van der Waals surface area contributed by atoms with Crippen molar-refractivity contribution in [3.8, 4) is 0 Å². The zero-order valence-electron chi connectivity index (χ0n) is 11.1. The number of rotatable bonds is 3. The molecule has 2 aromatic heterocycles. The Hall–Kier alpha value is -1.28. The van der Waals surface area contributed by atoms with Crippen LogP contribution < -0.4 is 11.1 Å². The van der Waals surface area contributed by atoms with Crippen molar-refractivity contribution in [3.05, 3.63) is 42.0 Å². The molecular weight excluding hydrogens is 356 g/mol. The Kier molecular flexibility index (Phi) is 3.11. The molecular formula is C13H13BrN4O2S. The minimum Gasteiger partial charge on any atom is -0.306 e. The van der Waals surface area contributed by atoms with Crippen LogP contribution in [0.15, 0.2) is 25.9 Å². The zero-order valence-corrected chi connectivity index (χ0v) is 13.5. The quantitative estimate of drug-likeness (QED) is 0.772. The summed E-state index contributed by atoms with van der Waals surface area (Å²) in [6.07, 6.45) is 6.81. The van der Waals surface area contributed by atoms with Gasteiger partial charge in [-0.1, -0.05) is 11.3 Å². The predicted molar refractivity (Wildman–Crippen MR) is 81.5 cm³/mol. The van der Waals surface area contributed by atoms with Gasteiger partial charge in [0.05, 0.1) is 6.54 Å². The average Bonchev–Trinajstić information content (AvgIpc) is 2.87. The molecule has 2 heterocycles. The molecule has 0 aromatic carbocycles. The van der Waals surface area contributed by atoms with Crippen molar-refractivity contribution in [2.45, 2.75) is 31.8 Å². The largest absolute Gasteiger partial charge is 0.316 e. The van der Waals surface area contributed by atoms with Crippen LogP contribution in [0, 0.1) is 11.8 Å². The van der Waals surface area contributed by atoms with Gasteiger partial charge in [0.15, 0.2) is 3.92 Å². The molecule has 0 spiro atoms. The third kappa shape index (κ3) is 2.40. The first-order chi connectivity index (χ1) is 10.1. The fourth-order valence-electron chi connectivity index (χ4n) is 3.29. The summed E-state index contributed by atoms with van der Waals surface area (Å²) < 4.78 is 3.70. The molecule has 0 amide bonds. The van der Waals surface area contributed by atoms with Gasteiger partial charge in [-0.25, -0.2) is 0 Å². The lowest BCUT2D eigenvalue weighted by Crippen LogP contribution is -2.41. The first kappa shape index (κ1) is 13.4. The van der Waals surface area contributed by atoms with Gasteiger partial charge < -0.3 is 9.13 Å². The average molecular weight is 369 g/mol. The van der Waals surface area contributed by atoms with Crippen molar-refractivity contribution in [2.75, 3.05) is 0 Å². The Morgan fingerprint density at radius 2 is 1.90 bits per heavy atom. The molecule has 2 saturated carbocycles. The van der Waals surface area contributed by atoms with E-state index in [0.29, 0.717) is 8.92 Å². The molecule has 2 aromatic rings. The van der Waals surface area contributed by atoms with Gasteiger partial charge >= 0.3 is 11.1 Å². The van der Waals surface area contributed by atoms with Gasteiger partial charge in [-0.2, -0.15) is 0 Å². The van der Waals surface area contributed by atoms with Gasteiger partial charge in [-0.15, -0.1) is 10.2 Å². The number of nitrogens with zero attached hydrogens (tertiary/aromatic N) is 4. The Balaban J connectivity index is 1.63. The van der Waals surface area contributed by atoms with E-state index in [2.05, 4.69) is 26.1 Å². The molecule has 4 rings (SSSR count). The first-order valence-electron chi connectivity index (χ1n) is 6.91. The van der Waals surface area contributed by atoms with Crippen molar-refractivity contribution in [3.63, 3.8) is 0 Å². The van der Waals surface area contributed by atoms with Gasteiger partial charge in [0, 0.05) is 18.4 Å². The summed E-state index contributed by atoms with van der Waals surface area (Å²) in [5, 5.41) is 8.49. The molecule has 1 unspecified atom stereocenters. The maximum atomic E-state index is 12.3. The van der Waals surface area contributed by atoms with Gasteiger partial charge in [0.2, 0.25) is 0 Å². The van der Waals surface area contributed by atoms with Crippen LogP contribution in [0.4, 0.5) is 0 Å². The lowest BCUT2D eigenvalue weighted by Gasteiger charge is -2.15. The smallest absolute Gasteiger partial charge is 0.306 e. The van der Waals surface area contributed by atoms with E-state index in [1.165, 1.54) is 22.3 Å². The maximum absolute atomic E-state index is 12.3. The highest BCUT2D eigenvalue weighted by atomic mass is 79.9. The van der Waals surface area contributed by atoms with Crippen LogP contribution in [0.3, 0.4) is 0 Å². The summed E-state index contributed by atoms with van der Waals surface area (Å²) in [6, 6.07) is 0.208. The summed E-state index contributed by atoms with van der Waals surface area (Å²) in [5.41, 5.74) is -0.906. The van der Waals surface area contributed by atoms with E-state index in [4.69, 9.17) is 0 Å². The predicted octanol–water partition coefficient (Wildman–Crippen LogP) is 1.64. The monoisotopic (exact) mass is 368 g/mol. The molecule has 6 nitrogen and oxygen atoms in total. The summed E-state index contributed by atoms with van der Waals surface area (Å²) in [4.78, 5) is 24.5. The summed E-state index contributed by atoms with van der Waals surface area (Å²) >= 11 is 4.59. The molecule has 21 heavy (non-hydrogen) atoms. The lowest BCUT2D eigenvalue weighted by atomic mass is 10.1. The molecule has 2 fully saturated rings. The molecule has 0 bridgehead atoms. The normalized spacial score (nSPS) is 26.8. The van der Waals surface area contributed by atoms with E-state index < -0.39 is 11.1 Å². The van der Waals surface area contributed by atoms with Gasteiger partial charge in [0.1, 0.15) is 5.01 Å². The van der Waals surface area contributed by atoms with Crippen molar-refractivity contribution in [2.24, 2.45) is 11.8 Å². The standard InChI is InChI=1S/C13H13BrN4O2S/c14-13-16-15-10(21-13)6-17-1-2-18(12(20)11(17)19)9-4-7-3-8(7)5-9/h1-2,7-9H,3-6H2/t7-,8+,9?. The fourth-order valence-corrected chi connectivity index (χ4v) is 4.49. The summed E-state index contributed by atoms with van der Waals surface area (Å²) in [6.45, 7) is 0.286. The number of halogens is 1. The van der Waals surface area contributed by atoms with Crippen molar-refractivity contribution in [1.29, 1.82) is 0 Å². The van der Waals surface area contributed by atoms with E-state index in [1.54, 1.807) is 17.0 Å². The number of hydrogen-bond acceptors (Lipinski definition) is 5. The molecule has 3 atom stereocenters. The van der Waals surface area contributed by atoms with Crippen molar-refractivity contribution < 1.29 is 0 Å². The van der Waals surface area contributed by atoms with E-state index in [9.17, 15) is 9.59 Å². The Labute approximate surface area is 132 Å². The topological polar surface area (TPSA) is 69.8 Å². The van der Waals surface area contributed by atoms with E-state index in [1.807, 2.05) is 0 Å². The van der Waals surface area contributed by atoms with E-state index in [-0.39, 0.29) is 12.6 Å². The van der Waals surface area contributed by atoms with Gasteiger partial charge in [-0.3, -0.25) is 9.59 Å². The molecule has 0 aliphatic heterocycles. The van der Waals surface area contributed by atoms with E-state index >= 15 is 0 Å². The number of aromatic nitrogens is 4. The van der Waals surface area contributed by atoms with Gasteiger partial charge in [0.25, 0.3) is 0 Å². The summed E-state index contributed by atoms with van der Waals surface area (Å²) in [5.74, 6) is 1.56. The van der Waals surface area contributed by atoms with Crippen LogP contribution in [0.5, 0.6) is 0 Å². The van der Waals surface area contributed by atoms with Crippen LogP contribution >= 0.6 is 27.3 Å². The molecule has 8 heteroatoms. The SMILES string of the molecule is O=c1c(=O)n(C2C[C@@H]3C[C@@H]3C2)ccn1Cc1nnc(Br)s1. The molecule has 2 aliphatic carbocycles. The molecule has 110 valence electrons. The Morgan fingerprint density at radius 1 is 1.14 bits per heavy atom. The highest BCUT2D eigenvalue weighted by Crippen LogP contribution is 2.55.